The Hall–Kier alpha value is -3.03. The number of rotatable bonds is 21. The first-order chi connectivity index (χ1) is 24.0. The van der Waals surface area contributed by atoms with Crippen molar-refractivity contribution in [2.75, 3.05) is 40.0 Å². The molecule has 7 atom stereocenters. The van der Waals surface area contributed by atoms with E-state index in [4.69, 9.17) is 4.74 Å². The van der Waals surface area contributed by atoms with Crippen LogP contribution in [-0.2, 0) is 40.2 Å². The summed E-state index contributed by atoms with van der Waals surface area (Å²) in [6.45, 7) is 14.0. The number of nitrogens with zero attached hydrogens (tertiary/aromatic N) is 2. The molecule has 7 unspecified atom stereocenters. The molecule has 290 valence electrons. The molecule has 1 aliphatic heterocycles. The van der Waals surface area contributed by atoms with Crippen molar-refractivity contribution in [1.29, 1.82) is 0 Å². The van der Waals surface area contributed by atoms with Gasteiger partial charge in [0, 0.05) is 39.0 Å². The van der Waals surface area contributed by atoms with Gasteiger partial charge in [0.1, 0.15) is 11.3 Å². The fraction of sp³-hybridized carbons (Fsp3) is 0.737. The van der Waals surface area contributed by atoms with E-state index in [1.54, 1.807) is 23.9 Å². The van der Waals surface area contributed by atoms with Crippen molar-refractivity contribution in [3.05, 3.63) is 35.9 Å². The van der Waals surface area contributed by atoms with Gasteiger partial charge in [0.25, 0.3) is 0 Å². The van der Waals surface area contributed by atoms with Crippen molar-refractivity contribution in [2.45, 2.75) is 123 Å². The highest BCUT2D eigenvalue weighted by atomic mass is 32.2. The van der Waals surface area contributed by atoms with Gasteiger partial charge >= 0.3 is 0 Å². The summed E-state index contributed by atoms with van der Waals surface area (Å²) in [7, 11) is 1.19. The van der Waals surface area contributed by atoms with Gasteiger partial charge in [-0.1, -0.05) is 85.2 Å². The molecule has 1 fully saturated rings. The number of likely N-dealkylation sites (N-methyl/N-ethyl adjacent to an activating group) is 2. The van der Waals surface area contributed by atoms with Crippen LogP contribution in [-0.4, -0.2) is 117 Å². The molecule has 1 heterocycles. The third-order valence-electron chi connectivity index (χ3n) is 10.4. The van der Waals surface area contributed by atoms with E-state index in [9.17, 15) is 27.6 Å². The van der Waals surface area contributed by atoms with E-state index in [1.807, 2.05) is 71.9 Å². The Morgan fingerprint density at radius 3 is 2.14 bits per heavy atom. The van der Waals surface area contributed by atoms with Crippen LogP contribution in [0.4, 0.5) is 0 Å². The van der Waals surface area contributed by atoms with Crippen LogP contribution in [0.1, 0.15) is 86.1 Å². The van der Waals surface area contributed by atoms with Crippen molar-refractivity contribution >= 4 is 33.5 Å². The number of nitrogens with one attached hydrogen (secondary N) is 3. The first-order valence-electron chi connectivity index (χ1n) is 18.6. The summed E-state index contributed by atoms with van der Waals surface area (Å²) >= 11 is 0. The first-order valence-corrected chi connectivity index (χ1v) is 20.4. The number of sulfone groups is 1. The summed E-state index contributed by atoms with van der Waals surface area (Å²) in [5, 5.41) is 7.55. The fourth-order valence-electron chi connectivity index (χ4n) is 7.12. The number of methoxy groups -OCH3 is 1. The first kappa shape index (κ1) is 44.1. The minimum Gasteiger partial charge on any atom is -0.379 e. The van der Waals surface area contributed by atoms with E-state index in [0.717, 1.165) is 5.56 Å². The van der Waals surface area contributed by atoms with E-state index in [1.165, 1.54) is 14.0 Å². The Kier molecular flexibility index (Phi) is 18.1. The lowest BCUT2D eigenvalue weighted by Gasteiger charge is -2.40. The second kappa shape index (κ2) is 20.9. The lowest BCUT2D eigenvalue weighted by Crippen LogP contribution is -2.59. The molecular formula is C38H65N5O7S. The van der Waals surface area contributed by atoms with Gasteiger partial charge in [0.15, 0.2) is 9.84 Å². The van der Waals surface area contributed by atoms with Gasteiger partial charge in [-0.25, -0.2) is 8.42 Å². The summed E-state index contributed by atoms with van der Waals surface area (Å²) in [5.41, 5.74) is 1.04. The highest BCUT2D eigenvalue weighted by molar-refractivity contribution is 7.92. The Balaban J connectivity index is 2.25. The van der Waals surface area contributed by atoms with Crippen molar-refractivity contribution in [3.63, 3.8) is 0 Å². The van der Waals surface area contributed by atoms with Gasteiger partial charge in [-0.15, -0.1) is 0 Å². The second-order valence-corrected chi connectivity index (χ2v) is 17.1. The molecule has 0 spiro atoms. The predicted octanol–water partition coefficient (Wildman–Crippen LogP) is 3.19. The smallest absolute Gasteiger partial charge is 0.245 e. The molecule has 0 radical (unpaired) electrons. The van der Waals surface area contributed by atoms with Gasteiger partial charge in [-0.3, -0.25) is 19.2 Å². The highest BCUT2D eigenvalue weighted by Crippen LogP contribution is 2.28. The summed E-state index contributed by atoms with van der Waals surface area (Å²) < 4.78 is 32.4. The molecule has 3 N–H and O–H groups in total. The number of carbonyl (C=O) groups is 4. The molecule has 2 rings (SSSR count). The SMILES string of the molecule is CCC(C)C(C(CC(=O)N1CCCC1CC(C(=O)NCCc1ccccc1)S(=O)(=O)CC)OC)N(C)C(=O)C(NC(=O)C(NC)C(C)C)C(C)C. The molecule has 13 heteroatoms. The van der Waals surface area contributed by atoms with E-state index < -0.39 is 51.3 Å². The molecule has 4 amide bonds. The largest absolute Gasteiger partial charge is 0.379 e. The standard InChI is InChI=1S/C38H65N5O7S/c1-11-27(7)35(42(9)38(47)34(26(5)6)41-37(46)33(39-8)25(3)4)30(50-10)24-32(44)43-22-16-19-29(43)23-31(51(48,49)12-2)36(45)40-21-20-28-17-14-13-15-18-28/h13-15,17-18,25-27,29-31,33-35,39H,11-12,16,19-24H2,1-10H3,(H,40,45)(H,41,46). The van der Waals surface area contributed by atoms with Crippen molar-refractivity contribution in [3.8, 4) is 0 Å². The molecule has 0 aliphatic carbocycles. The van der Waals surface area contributed by atoms with Gasteiger partial charge in [-0.05, 0) is 56.0 Å². The Bertz CT molecular complexity index is 1370. The van der Waals surface area contributed by atoms with E-state index >= 15 is 0 Å². The number of benzene rings is 1. The summed E-state index contributed by atoms with van der Waals surface area (Å²) in [6, 6.07) is 7.50. The lowest BCUT2D eigenvalue weighted by molar-refractivity contribution is -0.146. The lowest BCUT2D eigenvalue weighted by atomic mass is 9.89. The summed E-state index contributed by atoms with van der Waals surface area (Å²) in [4.78, 5) is 57.9. The number of hydrogen-bond donors (Lipinski definition) is 3. The van der Waals surface area contributed by atoms with Crippen LogP contribution in [0.3, 0.4) is 0 Å². The monoisotopic (exact) mass is 735 g/mol. The average molecular weight is 736 g/mol. The normalized spacial score (nSPS) is 18.5. The van der Waals surface area contributed by atoms with Crippen LogP contribution in [0.15, 0.2) is 30.3 Å². The zero-order valence-corrected chi connectivity index (χ0v) is 33.4. The van der Waals surface area contributed by atoms with E-state index in [0.29, 0.717) is 38.8 Å². The highest BCUT2D eigenvalue weighted by Gasteiger charge is 2.42. The Labute approximate surface area is 307 Å². The summed E-state index contributed by atoms with van der Waals surface area (Å²) in [5.74, 6) is -1.66. The number of likely N-dealkylation sites (tertiary alicyclic amines) is 1. The van der Waals surface area contributed by atoms with E-state index in [2.05, 4.69) is 16.0 Å². The molecule has 0 saturated carbocycles. The molecule has 12 nitrogen and oxygen atoms in total. The van der Waals surface area contributed by atoms with Crippen molar-refractivity contribution < 1.29 is 32.3 Å². The van der Waals surface area contributed by atoms with Crippen LogP contribution in [0, 0.1) is 17.8 Å². The third-order valence-corrected chi connectivity index (χ3v) is 12.5. The molecule has 1 aromatic rings. The molecule has 1 aromatic carbocycles. The fourth-order valence-corrected chi connectivity index (χ4v) is 8.45. The van der Waals surface area contributed by atoms with Gasteiger partial charge < -0.3 is 30.5 Å². The van der Waals surface area contributed by atoms with Crippen molar-refractivity contribution in [2.24, 2.45) is 17.8 Å². The van der Waals surface area contributed by atoms with Gasteiger partial charge in [-0.2, -0.15) is 0 Å². The predicted molar refractivity (Wildman–Crippen MR) is 202 cm³/mol. The van der Waals surface area contributed by atoms with Crippen LogP contribution in [0.5, 0.6) is 0 Å². The van der Waals surface area contributed by atoms with Crippen LogP contribution >= 0.6 is 0 Å². The minimum atomic E-state index is -3.76. The molecule has 1 aliphatic rings. The maximum atomic E-state index is 14.1. The van der Waals surface area contributed by atoms with E-state index in [-0.39, 0.29) is 54.1 Å². The molecule has 0 bridgehead atoms. The maximum Gasteiger partial charge on any atom is 0.245 e. The zero-order valence-electron chi connectivity index (χ0n) is 32.6. The van der Waals surface area contributed by atoms with Crippen LogP contribution < -0.4 is 16.0 Å². The van der Waals surface area contributed by atoms with Gasteiger partial charge in [0.2, 0.25) is 23.6 Å². The van der Waals surface area contributed by atoms with Crippen LogP contribution in [0.25, 0.3) is 0 Å². The van der Waals surface area contributed by atoms with Gasteiger partial charge in [0.05, 0.1) is 24.6 Å². The topological polar surface area (TPSA) is 154 Å². The minimum absolute atomic E-state index is 0.0175. The average Bonchev–Trinajstić information content (AvgIpc) is 3.57. The quantitative estimate of drug-likeness (QED) is 0.174. The second-order valence-electron chi connectivity index (χ2n) is 14.6. The Morgan fingerprint density at radius 2 is 1.61 bits per heavy atom. The zero-order chi connectivity index (χ0) is 38.5. The third kappa shape index (κ3) is 12.3. The van der Waals surface area contributed by atoms with Crippen LogP contribution in [0.2, 0.25) is 0 Å². The molecule has 1 saturated heterocycles. The number of hydrogen-bond acceptors (Lipinski definition) is 8. The molecule has 51 heavy (non-hydrogen) atoms. The number of carbonyl (C=O) groups excluding carboxylic acids is 4. The van der Waals surface area contributed by atoms with Crippen molar-refractivity contribution in [1.82, 2.24) is 25.8 Å². The summed E-state index contributed by atoms with van der Waals surface area (Å²) in [6.07, 6.45) is 1.89. The Morgan fingerprint density at radius 1 is 0.980 bits per heavy atom. The number of amides is 4. The maximum absolute atomic E-state index is 14.1. The molecule has 0 aromatic heterocycles. The number of ether oxygens (including phenoxy) is 1. The molecular weight excluding hydrogens is 671 g/mol.